The van der Waals surface area contributed by atoms with Gasteiger partial charge < -0.3 is 14.6 Å². The number of rotatable bonds is 8. The number of hydrogen-bond acceptors (Lipinski definition) is 4. The first-order chi connectivity index (χ1) is 13.7. The molecule has 1 N–H and O–H groups in total. The van der Waals surface area contributed by atoms with Gasteiger partial charge in [0.15, 0.2) is 6.61 Å². The van der Waals surface area contributed by atoms with Gasteiger partial charge in [-0.2, -0.15) is 0 Å². The van der Waals surface area contributed by atoms with Gasteiger partial charge >= 0.3 is 12.3 Å². The Morgan fingerprint density at radius 2 is 1.90 bits per heavy atom. The summed E-state index contributed by atoms with van der Waals surface area (Å²) in [6, 6.07) is 11.0. The highest BCUT2D eigenvalue weighted by Gasteiger charge is 2.30. The molecule has 0 radical (unpaired) electrons. The minimum atomic E-state index is -4.70. The molecule has 0 aromatic heterocycles. The van der Waals surface area contributed by atoms with E-state index in [1.54, 1.807) is 17.8 Å². The molecule has 4 nitrogen and oxygen atoms in total. The lowest BCUT2D eigenvalue weighted by Crippen LogP contribution is -2.16. The minimum Gasteiger partial charge on any atom is -0.482 e. The van der Waals surface area contributed by atoms with Crippen molar-refractivity contribution in [2.45, 2.75) is 31.0 Å². The molecular formula is C21H19F3O4S. The van der Waals surface area contributed by atoms with Crippen molar-refractivity contribution in [1.82, 2.24) is 0 Å². The summed E-state index contributed by atoms with van der Waals surface area (Å²) in [6.07, 6.45) is -3.19. The van der Waals surface area contributed by atoms with Crippen LogP contribution in [0.4, 0.5) is 13.2 Å². The summed E-state index contributed by atoms with van der Waals surface area (Å²) in [5, 5.41) is 8.65. The van der Waals surface area contributed by atoms with Crippen molar-refractivity contribution in [3.8, 4) is 23.3 Å². The molecule has 0 amide bonds. The van der Waals surface area contributed by atoms with Gasteiger partial charge in [-0.1, -0.05) is 11.8 Å². The van der Waals surface area contributed by atoms with E-state index in [0.29, 0.717) is 17.7 Å². The number of halogens is 3. The summed E-state index contributed by atoms with van der Waals surface area (Å²) in [5.41, 5.74) is 1.49. The van der Waals surface area contributed by atoms with Gasteiger partial charge in [0.2, 0.25) is 0 Å². The van der Waals surface area contributed by atoms with Crippen LogP contribution < -0.4 is 9.47 Å². The van der Waals surface area contributed by atoms with E-state index in [4.69, 9.17) is 9.84 Å². The average Bonchev–Trinajstić information content (AvgIpc) is 2.64. The summed E-state index contributed by atoms with van der Waals surface area (Å²) in [7, 11) is 0. The van der Waals surface area contributed by atoms with Crippen LogP contribution in [0.3, 0.4) is 0 Å². The van der Waals surface area contributed by atoms with Crippen molar-refractivity contribution in [2.24, 2.45) is 0 Å². The molecule has 2 rings (SSSR count). The zero-order valence-electron chi connectivity index (χ0n) is 15.6. The molecule has 0 bridgehead atoms. The summed E-state index contributed by atoms with van der Waals surface area (Å²) in [4.78, 5) is 11.6. The Bertz CT molecular complexity index is 884. The fourth-order valence-corrected chi connectivity index (χ4v) is 3.22. The van der Waals surface area contributed by atoms with Gasteiger partial charge in [-0.15, -0.1) is 24.9 Å². The molecule has 29 heavy (non-hydrogen) atoms. The SMILES string of the molecule is Cc1cc(SCCCC#Cc2ccc(OC(F)(F)F)cc2)ccc1OCC(=O)O. The van der Waals surface area contributed by atoms with Crippen LogP contribution in [0.25, 0.3) is 0 Å². The van der Waals surface area contributed by atoms with Gasteiger partial charge in [-0.3, -0.25) is 0 Å². The van der Waals surface area contributed by atoms with Crippen LogP contribution in [0.5, 0.6) is 11.5 Å². The second kappa shape index (κ2) is 10.7. The number of carboxylic acid groups (broad SMARTS) is 1. The third-order valence-electron chi connectivity index (χ3n) is 3.53. The van der Waals surface area contributed by atoms with Crippen LogP contribution >= 0.6 is 11.8 Å². The number of thioether (sulfide) groups is 1. The second-order valence-corrected chi connectivity index (χ2v) is 7.10. The van der Waals surface area contributed by atoms with E-state index in [9.17, 15) is 18.0 Å². The Kier molecular flexibility index (Phi) is 8.28. The van der Waals surface area contributed by atoms with E-state index in [1.807, 2.05) is 19.1 Å². The Morgan fingerprint density at radius 1 is 1.17 bits per heavy atom. The van der Waals surface area contributed by atoms with Crippen LogP contribution in [-0.2, 0) is 4.79 Å². The maximum Gasteiger partial charge on any atom is 0.573 e. The van der Waals surface area contributed by atoms with Crippen molar-refractivity contribution >= 4 is 17.7 Å². The maximum atomic E-state index is 12.1. The average molecular weight is 424 g/mol. The van der Waals surface area contributed by atoms with Gasteiger partial charge in [0, 0.05) is 16.9 Å². The maximum absolute atomic E-state index is 12.1. The number of aryl methyl sites for hydroxylation is 1. The summed E-state index contributed by atoms with van der Waals surface area (Å²) in [5.74, 6) is 6.03. The monoisotopic (exact) mass is 424 g/mol. The minimum absolute atomic E-state index is 0.269. The Labute approximate surface area is 171 Å². The number of carbonyl (C=O) groups is 1. The largest absolute Gasteiger partial charge is 0.573 e. The van der Waals surface area contributed by atoms with Crippen molar-refractivity contribution in [2.75, 3.05) is 12.4 Å². The van der Waals surface area contributed by atoms with Crippen molar-refractivity contribution < 1.29 is 32.5 Å². The van der Waals surface area contributed by atoms with Crippen molar-refractivity contribution in [3.63, 3.8) is 0 Å². The van der Waals surface area contributed by atoms with E-state index in [2.05, 4.69) is 16.6 Å². The van der Waals surface area contributed by atoms with Gasteiger partial charge in [0.05, 0.1) is 0 Å². The van der Waals surface area contributed by atoms with Gasteiger partial charge in [-0.25, -0.2) is 4.79 Å². The van der Waals surface area contributed by atoms with Crippen molar-refractivity contribution in [3.05, 3.63) is 53.6 Å². The molecule has 0 saturated carbocycles. The Balaban J connectivity index is 1.73. The van der Waals surface area contributed by atoms with E-state index in [1.165, 1.54) is 24.3 Å². The number of unbranched alkanes of at least 4 members (excludes halogenated alkanes) is 1. The molecule has 0 aliphatic rings. The van der Waals surface area contributed by atoms with Gasteiger partial charge in [0.1, 0.15) is 11.5 Å². The molecule has 0 saturated heterocycles. The predicted molar refractivity (Wildman–Crippen MR) is 104 cm³/mol. The number of carboxylic acids is 1. The number of ether oxygens (including phenoxy) is 2. The third-order valence-corrected chi connectivity index (χ3v) is 4.61. The lowest BCUT2D eigenvalue weighted by molar-refractivity contribution is -0.274. The lowest BCUT2D eigenvalue weighted by atomic mass is 10.2. The van der Waals surface area contributed by atoms with E-state index in [-0.39, 0.29) is 12.4 Å². The molecule has 0 fully saturated rings. The van der Waals surface area contributed by atoms with Crippen LogP contribution in [0.15, 0.2) is 47.4 Å². The van der Waals surface area contributed by atoms with Gasteiger partial charge in [-0.05, 0) is 67.1 Å². The zero-order chi connectivity index (χ0) is 21.3. The van der Waals surface area contributed by atoms with E-state index in [0.717, 1.165) is 22.6 Å². The first-order valence-corrected chi connectivity index (χ1v) is 9.64. The summed E-state index contributed by atoms with van der Waals surface area (Å²) < 4.78 is 45.3. The molecule has 0 unspecified atom stereocenters. The van der Waals surface area contributed by atoms with Crippen molar-refractivity contribution in [1.29, 1.82) is 0 Å². The number of benzene rings is 2. The first kappa shape index (κ1) is 22.5. The van der Waals surface area contributed by atoms with E-state index < -0.39 is 12.3 Å². The molecule has 8 heteroatoms. The molecule has 0 heterocycles. The molecule has 154 valence electrons. The Hall–Kier alpha value is -2.79. The molecule has 2 aromatic carbocycles. The standard InChI is InChI=1S/C21H19F3O4S/c1-15-13-18(10-11-19(15)27-14-20(25)26)29-12-4-2-3-5-16-6-8-17(9-7-16)28-21(22,23)24/h6-11,13H,2,4,12,14H2,1H3,(H,25,26). The van der Waals surface area contributed by atoms with Gasteiger partial charge in [0.25, 0.3) is 0 Å². The lowest BCUT2D eigenvalue weighted by Gasteiger charge is -2.08. The highest BCUT2D eigenvalue weighted by Crippen LogP contribution is 2.26. The summed E-state index contributed by atoms with van der Waals surface area (Å²) >= 11 is 1.66. The highest BCUT2D eigenvalue weighted by atomic mass is 32.2. The molecule has 2 aromatic rings. The zero-order valence-corrected chi connectivity index (χ0v) is 16.4. The molecular weight excluding hydrogens is 405 g/mol. The molecule has 0 aliphatic carbocycles. The quantitative estimate of drug-likeness (QED) is 0.355. The van der Waals surface area contributed by atoms with Crippen LogP contribution in [-0.4, -0.2) is 29.8 Å². The van der Waals surface area contributed by atoms with Crippen LogP contribution in [0.1, 0.15) is 24.0 Å². The molecule has 0 aliphatic heterocycles. The topological polar surface area (TPSA) is 55.8 Å². The number of alkyl halides is 3. The first-order valence-electron chi connectivity index (χ1n) is 8.66. The third kappa shape index (κ3) is 8.83. The number of hydrogen-bond donors (Lipinski definition) is 1. The summed E-state index contributed by atoms with van der Waals surface area (Å²) in [6.45, 7) is 1.49. The fourth-order valence-electron chi connectivity index (χ4n) is 2.27. The second-order valence-electron chi connectivity index (χ2n) is 5.94. The van der Waals surface area contributed by atoms with Crippen LogP contribution in [0.2, 0.25) is 0 Å². The van der Waals surface area contributed by atoms with Crippen LogP contribution in [0, 0.1) is 18.8 Å². The predicted octanol–water partition coefficient (Wildman–Crippen LogP) is 5.28. The normalized spacial score (nSPS) is 10.8. The smallest absolute Gasteiger partial charge is 0.482 e. The molecule has 0 spiro atoms. The fraction of sp³-hybridized carbons (Fsp3) is 0.286. The number of aliphatic carboxylic acids is 1. The molecule has 0 atom stereocenters. The van der Waals surface area contributed by atoms with E-state index >= 15 is 0 Å². The Morgan fingerprint density at radius 3 is 2.52 bits per heavy atom. The highest BCUT2D eigenvalue weighted by molar-refractivity contribution is 7.99.